The lowest BCUT2D eigenvalue weighted by Crippen LogP contribution is -2.41. The molecule has 17 heavy (non-hydrogen) atoms. The fourth-order valence-electron chi connectivity index (χ4n) is 2.02. The number of nitrogens with zero attached hydrogens (tertiary/aromatic N) is 1. The lowest BCUT2D eigenvalue weighted by molar-refractivity contribution is -0.125. The zero-order valence-electron chi connectivity index (χ0n) is 11.5. The Morgan fingerprint density at radius 1 is 1.53 bits per heavy atom. The predicted molar refractivity (Wildman–Crippen MR) is 71.0 cm³/mol. The predicted octanol–water partition coefficient (Wildman–Crippen LogP) is 0.833. The largest absolute Gasteiger partial charge is 0.356 e. The molecule has 0 spiro atoms. The van der Waals surface area contributed by atoms with Crippen LogP contribution in [0.1, 0.15) is 33.1 Å². The van der Waals surface area contributed by atoms with Gasteiger partial charge in [-0.3, -0.25) is 4.79 Å². The molecular weight excluding hydrogens is 214 g/mol. The van der Waals surface area contributed by atoms with Crippen LogP contribution in [-0.2, 0) is 4.79 Å². The number of carbonyl (C=O) groups excluding carboxylic acids is 1. The maximum atomic E-state index is 11.8. The molecule has 0 bridgehead atoms. The van der Waals surface area contributed by atoms with Crippen molar-refractivity contribution in [1.29, 1.82) is 0 Å². The van der Waals surface area contributed by atoms with E-state index in [1.54, 1.807) is 0 Å². The van der Waals surface area contributed by atoms with Crippen molar-refractivity contribution in [3.8, 4) is 0 Å². The van der Waals surface area contributed by atoms with Gasteiger partial charge in [-0.25, -0.2) is 0 Å². The van der Waals surface area contributed by atoms with E-state index < -0.39 is 0 Å². The topological polar surface area (TPSA) is 44.4 Å². The first kappa shape index (κ1) is 14.5. The van der Waals surface area contributed by atoms with Crippen LogP contribution >= 0.6 is 0 Å². The van der Waals surface area contributed by atoms with Crippen molar-refractivity contribution in [2.45, 2.75) is 39.2 Å². The van der Waals surface area contributed by atoms with Gasteiger partial charge < -0.3 is 15.5 Å². The number of hydrogen-bond donors (Lipinski definition) is 2. The minimum Gasteiger partial charge on any atom is -0.356 e. The third-order valence-corrected chi connectivity index (χ3v) is 3.54. The maximum absolute atomic E-state index is 11.8. The molecule has 100 valence electrons. The van der Waals surface area contributed by atoms with Crippen molar-refractivity contribution < 1.29 is 4.79 Å². The number of carbonyl (C=O) groups is 1. The molecule has 1 saturated heterocycles. The molecule has 1 heterocycles. The highest BCUT2D eigenvalue weighted by molar-refractivity contribution is 5.78. The smallest absolute Gasteiger partial charge is 0.224 e. The highest BCUT2D eigenvalue weighted by atomic mass is 16.1. The molecule has 0 saturated carbocycles. The molecule has 4 heteroatoms. The van der Waals surface area contributed by atoms with Crippen LogP contribution in [0.25, 0.3) is 0 Å². The van der Waals surface area contributed by atoms with Gasteiger partial charge in [-0.05, 0) is 53.2 Å². The second kappa shape index (κ2) is 7.67. The van der Waals surface area contributed by atoms with Gasteiger partial charge in [-0.2, -0.15) is 0 Å². The second-order valence-corrected chi connectivity index (χ2v) is 5.26. The zero-order valence-corrected chi connectivity index (χ0v) is 11.5. The zero-order chi connectivity index (χ0) is 12.7. The van der Waals surface area contributed by atoms with Gasteiger partial charge in [-0.15, -0.1) is 0 Å². The van der Waals surface area contributed by atoms with E-state index in [1.807, 2.05) is 0 Å². The average Bonchev–Trinajstić information content (AvgIpc) is 2.35. The molecule has 1 aliphatic heterocycles. The first-order valence-electron chi connectivity index (χ1n) is 6.80. The monoisotopic (exact) mass is 241 g/mol. The van der Waals surface area contributed by atoms with Gasteiger partial charge in [0.05, 0.1) is 5.92 Å². The van der Waals surface area contributed by atoms with Crippen LogP contribution in [0.5, 0.6) is 0 Å². The van der Waals surface area contributed by atoms with E-state index in [0.717, 1.165) is 45.4 Å². The van der Waals surface area contributed by atoms with Crippen LogP contribution in [0.3, 0.4) is 0 Å². The van der Waals surface area contributed by atoms with Gasteiger partial charge in [0.15, 0.2) is 0 Å². The highest BCUT2D eigenvalue weighted by Crippen LogP contribution is 2.09. The minimum absolute atomic E-state index is 0.187. The Kier molecular flexibility index (Phi) is 6.52. The van der Waals surface area contributed by atoms with Crippen molar-refractivity contribution in [3.63, 3.8) is 0 Å². The Labute approximate surface area is 105 Å². The first-order valence-corrected chi connectivity index (χ1v) is 6.80. The van der Waals surface area contributed by atoms with Crippen molar-refractivity contribution in [3.05, 3.63) is 0 Å². The number of piperidine rings is 1. The van der Waals surface area contributed by atoms with E-state index in [9.17, 15) is 4.79 Å². The standard InChI is InChI=1S/C13H27N3O/c1-11(2)16(3)9-5-8-15-13(17)12-6-4-7-14-10-12/h11-12,14H,4-10H2,1-3H3,(H,15,17). The molecule has 1 fully saturated rings. The summed E-state index contributed by atoms with van der Waals surface area (Å²) in [6.07, 6.45) is 3.18. The van der Waals surface area contributed by atoms with Gasteiger partial charge in [0.25, 0.3) is 0 Å². The van der Waals surface area contributed by atoms with E-state index in [4.69, 9.17) is 0 Å². The molecule has 0 aliphatic carbocycles. The van der Waals surface area contributed by atoms with Crippen molar-refractivity contribution in [2.75, 3.05) is 33.2 Å². The SMILES string of the molecule is CC(C)N(C)CCCNC(=O)C1CCCNC1. The van der Waals surface area contributed by atoms with Crippen molar-refractivity contribution in [1.82, 2.24) is 15.5 Å². The third-order valence-electron chi connectivity index (χ3n) is 3.54. The normalized spacial score (nSPS) is 20.9. The Balaban J connectivity index is 2.07. The maximum Gasteiger partial charge on any atom is 0.224 e. The summed E-state index contributed by atoms with van der Waals surface area (Å²) in [5.74, 6) is 0.413. The van der Waals surface area contributed by atoms with Crippen LogP contribution < -0.4 is 10.6 Å². The van der Waals surface area contributed by atoms with Crippen molar-refractivity contribution >= 4 is 5.91 Å². The molecule has 2 N–H and O–H groups in total. The lowest BCUT2D eigenvalue weighted by atomic mass is 9.99. The summed E-state index contributed by atoms with van der Waals surface area (Å²) in [6, 6.07) is 0.577. The van der Waals surface area contributed by atoms with Crippen LogP contribution in [0.15, 0.2) is 0 Å². The molecule has 1 unspecified atom stereocenters. The van der Waals surface area contributed by atoms with E-state index in [-0.39, 0.29) is 11.8 Å². The number of hydrogen-bond acceptors (Lipinski definition) is 3. The van der Waals surface area contributed by atoms with Crippen LogP contribution in [-0.4, -0.2) is 50.1 Å². The van der Waals surface area contributed by atoms with Gasteiger partial charge in [0.2, 0.25) is 5.91 Å². The Morgan fingerprint density at radius 3 is 2.88 bits per heavy atom. The molecule has 0 aromatic carbocycles. The molecule has 0 aromatic rings. The minimum atomic E-state index is 0.187. The Bertz CT molecular complexity index is 225. The van der Waals surface area contributed by atoms with Crippen LogP contribution in [0, 0.1) is 5.92 Å². The number of nitrogens with one attached hydrogen (secondary N) is 2. The summed E-state index contributed by atoms with van der Waals surface area (Å²) in [4.78, 5) is 14.1. The lowest BCUT2D eigenvalue weighted by Gasteiger charge is -2.23. The average molecular weight is 241 g/mol. The number of amides is 1. The molecular formula is C13H27N3O. The summed E-state index contributed by atoms with van der Waals surface area (Å²) in [5, 5.41) is 6.31. The van der Waals surface area contributed by atoms with E-state index in [2.05, 4.69) is 36.4 Å². The Hall–Kier alpha value is -0.610. The van der Waals surface area contributed by atoms with E-state index >= 15 is 0 Å². The van der Waals surface area contributed by atoms with Gasteiger partial charge in [0, 0.05) is 19.1 Å². The molecule has 1 amide bonds. The molecule has 4 nitrogen and oxygen atoms in total. The van der Waals surface area contributed by atoms with Gasteiger partial charge >= 0.3 is 0 Å². The van der Waals surface area contributed by atoms with Crippen molar-refractivity contribution in [2.24, 2.45) is 5.92 Å². The van der Waals surface area contributed by atoms with Gasteiger partial charge in [-0.1, -0.05) is 0 Å². The van der Waals surface area contributed by atoms with Crippen LogP contribution in [0.4, 0.5) is 0 Å². The molecule has 1 aliphatic rings. The summed E-state index contributed by atoms with van der Waals surface area (Å²) in [6.45, 7) is 8.12. The second-order valence-electron chi connectivity index (χ2n) is 5.26. The highest BCUT2D eigenvalue weighted by Gasteiger charge is 2.20. The molecule has 0 radical (unpaired) electrons. The first-order chi connectivity index (χ1) is 8.11. The quantitative estimate of drug-likeness (QED) is 0.677. The Morgan fingerprint density at radius 2 is 2.29 bits per heavy atom. The summed E-state index contributed by atoms with van der Waals surface area (Å²) < 4.78 is 0. The third kappa shape index (κ3) is 5.50. The van der Waals surface area contributed by atoms with Gasteiger partial charge in [0.1, 0.15) is 0 Å². The van der Waals surface area contributed by atoms with E-state index in [1.165, 1.54) is 0 Å². The summed E-state index contributed by atoms with van der Waals surface area (Å²) in [5.41, 5.74) is 0. The van der Waals surface area contributed by atoms with Crippen LogP contribution in [0.2, 0.25) is 0 Å². The molecule has 0 aromatic heterocycles. The summed E-state index contributed by atoms with van der Waals surface area (Å²) >= 11 is 0. The fraction of sp³-hybridized carbons (Fsp3) is 0.923. The summed E-state index contributed by atoms with van der Waals surface area (Å²) in [7, 11) is 2.12. The molecule has 1 rings (SSSR count). The molecule has 1 atom stereocenters. The number of rotatable bonds is 6. The fourth-order valence-corrected chi connectivity index (χ4v) is 2.02. The van der Waals surface area contributed by atoms with E-state index in [0.29, 0.717) is 6.04 Å².